The average Bonchev–Trinajstić information content (AvgIpc) is 3.48. The van der Waals surface area contributed by atoms with Gasteiger partial charge in [-0.25, -0.2) is 0 Å². The molecule has 1 rings (SSSR count). The molecule has 1 aliphatic heterocycles. The van der Waals surface area contributed by atoms with Crippen LogP contribution in [0.15, 0.2) is 12.3 Å². The first kappa shape index (κ1) is 47.4. The van der Waals surface area contributed by atoms with Crippen LogP contribution < -0.4 is 0 Å². The van der Waals surface area contributed by atoms with Crippen molar-refractivity contribution in [2.45, 2.75) is 220 Å². The van der Waals surface area contributed by atoms with E-state index in [1.165, 1.54) is 116 Å². The standard InChI is InChI=1S/C44H83NO6/c1-6-9-12-15-18-19-20-21-22-25-30-40(51-43(47)44(4)34-35-45(5)39-44)33-38-48-41(46)31-26-27-32-42(49-36-28-23-16-13-10-7-2)50-37-29-24-17-14-11-8-3/h34-35,40,42H,6-33,36-39H2,1-5H3. The number of hydrogen-bond donors (Lipinski definition) is 0. The Balaban J connectivity index is 2.42. The van der Waals surface area contributed by atoms with Gasteiger partial charge < -0.3 is 23.8 Å². The number of carbonyl (C=O) groups is 2. The Kier molecular flexibility index (Phi) is 30.7. The molecule has 1 heterocycles. The maximum absolute atomic E-state index is 13.2. The van der Waals surface area contributed by atoms with E-state index in [0.717, 1.165) is 64.6 Å². The van der Waals surface area contributed by atoms with Crippen molar-refractivity contribution in [2.75, 3.05) is 33.4 Å². The second-order valence-electron chi connectivity index (χ2n) is 15.6. The van der Waals surface area contributed by atoms with Crippen LogP contribution in [-0.4, -0.2) is 62.6 Å². The van der Waals surface area contributed by atoms with Crippen LogP contribution in [0.25, 0.3) is 0 Å². The lowest BCUT2D eigenvalue weighted by atomic mass is 9.92. The van der Waals surface area contributed by atoms with Crippen molar-refractivity contribution in [3.8, 4) is 0 Å². The quantitative estimate of drug-likeness (QED) is 0.0359. The van der Waals surface area contributed by atoms with Gasteiger partial charge in [-0.15, -0.1) is 0 Å². The first-order chi connectivity index (χ1) is 24.8. The van der Waals surface area contributed by atoms with Gasteiger partial charge >= 0.3 is 11.9 Å². The highest BCUT2D eigenvalue weighted by Crippen LogP contribution is 2.29. The molecule has 7 nitrogen and oxygen atoms in total. The summed E-state index contributed by atoms with van der Waals surface area (Å²) in [6.45, 7) is 11.1. The highest BCUT2D eigenvalue weighted by atomic mass is 16.7. The molecule has 0 bridgehead atoms. The minimum Gasteiger partial charge on any atom is -0.466 e. The van der Waals surface area contributed by atoms with Crippen LogP contribution in [0.1, 0.15) is 207 Å². The third-order valence-corrected chi connectivity index (χ3v) is 10.3. The van der Waals surface area contributed by atoms with Crippen molar-refractivity contribution in [1.82, 2.24) is 4.90 Å². The number of unbranched alkanes of at least 4 members (excludes halogenated alkanes) is 20. The Labute approximate surface area is 315 Å². The summed E-state index contributed by atoms with van der Waals surface area (Å²) in [5, 5.41) is 0. The summed E-state index contributed by atoms with van der Waals surface area (Å²) in [4.78, 5) is 27.9. The first-order valence-electron chi connectivity index (χ1n) is 21.8. The molecular weight excluding hydrogens is 638 g/mol. The molecule has 0 N–H and O–H groups in total. The van der Waals surface area contributed by atoms with E-state index in [-0.39, 0.29) is 30.9 Å². The lowest BCUT2D eigenvalue weighted by Crippen LogP contribution is -2.36. The molecule has 0 aliphatic carbocycles. The molecule has 0 radical (unpaired) electrons. The third-order valence-electron chi connectivity index (χ3n) is 10.3. The van der Waals surface area contributed by atoms with Gasteiger partial charge in [0.05, 0.1) is 6.61 Å². The predicted octanol–water partition coefficient (Wildman–Crippen LogP) is 12.2. The second kappa shape index (κ2) is 33.0. The maximum atomic E-state index is 13.2. The van der Waals surface area contributed by atoms with Crippen LogP contribution in [0.4, 0.5) is 0 Å². The molecule has 0 saturated heterocycles. The highest BCUT2D eigenvalue weighted by molar-refractivity contribution is 5.79. The Hall–Kier alpha value is -1.60. The fourth-order valence-electron chi connectivity index (χ4n) is 6.82. The van der Waals surface area contributed by atoms with Crippen molar-refractivity contribution in [3.63, 3.8) is 0 Å². The van der Waals surface area contributed by atoms with Crippen molar-refractivity contribution in [1.29, 1.82) is 0 Å². The number of rotatable bonds is 37. The Morgan fingerprint density at radius 1 is 0.608 bits per heavy atom. The zero-order valence-corrected chi connectivity index (χ0v) is 34.3. The van der Waals surface area contributed by atoms with Crippen LogP contribution in [0.2, 0.25) is 0 Å². The Morgan fingerprint density at radius 3 is 1.57 bits per heavy atom. The van der Waals surface area contributed by atoms with Gasteiger partial charge in [0.1, 0.15) is 11.5 Å². The van der Waals surface area contributed by atoms with Crippen LogP contribution in [0.5, 0.6) is 0 Å². The topological polar surface area (TPSA) is 74.3 Å². The van der Waals surface area contributed by atoms with Crippen molar-refractivity contribution in [2.24, 2.45) is 5.41 Å². The van der Waals surface area contributed by atoms with Gasteiger partial charge in [0, 0.05) is 39.6 Å². The smallest absolute Gasteiger partial charge is 0.317 e. The van der Waals surface area contributed by atoms with Crippen molar-refractivity contribution >= 4 is 11.9 Å². The van der Waals surface area contributed by atoms with E-state index in [0.29, 0.717) is 19.4 Å². The number of esters is 2. The lowest BCUT2D eigenvalue weighted by Gasteiger charge is -2.26. The third kappa shape index (κ3) is 26.8. The Morgan fingerprint density at radius 2 is 1.08 bits per heavy atom. The molecular formula is C44H83NO6. The lowest BCUT2D eigenvalue weighted by molar-refractivity contribution is -0.159. The van der Waals surface area contributed by atoms with Gasteiger partial charge in [-0.2, -0.15) is 0 Å². The van der Waals surface area contributed by atoms with E-state index in [9.17, 15) is 9.59 Å². The van der Waals surface area contributed by atoms with Gasteiger partial charge in [0.15, 0.2) is 6.29 Å². The monoisotopic (exact) mass is 722 g/mol. The Bertz CT molecular complexity index is 831. The zero-order valence-electron chi connectivity index (χ0n) is 34.3. The number of hydrogen-bond acceptors (Lipinski definition) is 7. The minimum absolute atomic E-state index is 0.177. The largest absolute Gasteiger partial charge is 0.466 e. The summed E-state index contributed by atoms with van der Waals surface area (Å²) < 4.78 is 24.0. The normalized spacial score (nSPS) is 16.3. The van der Waals surface area contributed by atoms with Gasteiger partial charge in [-0.05, 0) is 64.1 Å². The molecule has 1 aliphatic rings. The summed E-state index contributed by atoms with van der Waals surface area (Å²) in [5.41, 5.74) is -0.629. The van der Waals surface area contributed by atoms with Gasteiger partial charge in [0.25, 0.3) is 0 Å². The fraction of sp³-hybridized carbons (Fsp3) is 0.909. The molecule has 7 heteroatoms. The average molecular weight is 722 g/mol. The van der Waals surface area contributed by atoms with E-state index >= 15 is 0 Å². The van der Waals surface area contributed by atoms with E-state index in [4.69, 9.17) is 18.9 Å². The minimum atomic E-state index is -0.629. The molecule has 0 aromatic carbocycles. The first-order valence-corrected chi connectivity index (χ1v) is 21.8. The molecule has 2 unspecified atom stereocenters. The summed E-state index contributed by atoms with van der Waals surface area (Å²) in [6.07, 6.45) is 35.3. The molecule has 0 aromatic heterocycles. The molecule has 300 valence electrons. The molecule has 2 atom stereocenters. The van der Waals surface area contributed by atoms with Crippen LogP contribution >= 0.6 is 0 Å². The number of nitrogens with zero attached hydrogens (tertiary/aromatic N) is 1. The molecule has 0 spiro atoms. The summed E-state index contributed by atoms with van der Waals surface area (Å²) in [6, 6.07) is 0. The maximum Gasteiger partial charge on any atom is 0.317 e. The van der Waals surface area contributed by atoms with Crippen molar-refractivity contribution in [3.05, 3.63) is 12.3 Å². The summed E-state index contributed by atoms with van der Waals surface area (Å²) in [5.74, 6) is -0.359. The van der Waals surface area contributed by atoms with Crippen molar-refractivity contribution < 1.29 is 28.5 Å². The highest BCUT2D eigenvalue weighted by Gasteiger charge is 2.37. The van der Waals surface area contributed by atoms with Gasteiger partial charge in [-0.3, -0.25) is 9.59 Å². The second-order valence-corrected chi connectivity index (χ2v) is 15.6. The van der Waals surface area contributed by atoms with E-state index < -0.39 is 5.41 Å². The molecule has 0 aromatic rings. The summed E-state index contributed by atoms with van der Waals surface area (Å²) >= 11 is 0. The van der Waals surface area contributed by atoms with Crippen LogP contribution in [0.3, 0.4) is 0 Å². The summed E-state index contributed by atoms with van der Waals surface area (Å²) in [7, 11) is 1.98. The SMILES string of the molecule is CCCCCCCCCCCCC(CCOC(=O)CCCCC(OCCCCCCCC)OCCCCCCCC)OC(=O)C1(C)C=CN(C)C1. The van der Waals surface area contributed by atoms with E-state index in [2.05, 4.69) is 20.8 Å². The molecule has 51 heavy (non-hydrogen) atoms. The van der Waals surface area contributed by atoms with E-state index in [1.807, 2.05) is 31.1 Å². The molecule has 0 saturated carbocycles. The number of ether oxygens (including phenoxy) is 4. The zero-order chi connectivity index (χ0) is 37.3. The fourth-order valence-corrected chi connectivity index (χ4v) is 6.82. The van der Waals surface area contributed by atoms with Gasteiger partial charge in [0.2, 0.25) is 0 Å². The molecule has 0 amide bonds. The van der Waals surface area contributed by atoms with Crippen LogP contribution in [-0.2, 0) is 28.5 Å². The van der Waals surface area contributed by atoms with E-state index in [1.54, 1.807) is 0 Å². The number of carbonyl (C=O) groups excluding carboxylic acids is 2. The molecule has 0 fully saturated rings. The van der Waals surface area contributed by atoms with Crippen LogP contribution in [0, 0.1) is 5.41 Å². The van der Waals surface area contributed by atoms with Gasteiger partial charge in [-0.1, -0.05) is 143 Å². The predicted molar refractivity (Wildman–Crippen MR) is 213 cm³/mol.